The first-order valence-corrected chi connectivity index (χ1v) is 7.09. The van der Waals surface area contributed by atoms with Crippen LogP contribution in [0.5, 0.6) is 0 Å². The van der Waals surface area contributed by atoms with Crippen molar-refractivity contribution in [1.29, 1.82) is 0 Å². The monoisotopic (exact) mass is 276 g/mol. The van der Waals surface area contributed by atoms with Gasteiger partial charge in [0.1, 0.15) is 5.58 Å². The van der Waals surface area contributed by atoms with Crippen molar-refractivity contribution in [3.63, 3.8) is 0 Å². The molecule has 4 heteroatoms. The van der Waals surface area contributed by atoms with Crippen LogP contribution in [0.3, 0.4) is 0 Å². The van der Waals surface area contributed by atoms with Gasteiger partial charge in [-0.3, -0.25) is 4.79 Å². The Morgan fingerprint density at radius 1 is 1.20 bits per heavy atom. The van der Waals surface area contributed by atoms with Crippen LogP contribution in [-0.4, -0.2) is 19.0 Å². The fourth-order valence-corrected chi connectivity index (χ4v) is 1.76. The Balaban J connectivity index is 0.000000246. The van der Waals surface area contributed by atoms with Crippen molar-refractivity contribution in [2.24, 2.45) is 5.73 Å². The van der Waals surface area contributed by atoms with Crippen LogP contribution in [0.4, 0.5) is 0 Å². The summed E-state index contributed by atoms with van der Waals surface area (Å²) in [6, 6.07) is 7.36. The maximum Gasteiger partial charge on any atom is 0.284 e. The summed E-state index contributed by atoms with van der Waals surface area (Å²) in [6.07, 6.45) is 2.50. The van der Waals surface area contributed by atoms with E-state index in [1.807, 2.05) is 25.1 Å². The van der Waals surface area contributed by atoms with Crippen molar-refractivity contribution in [3.05, 3.63) is 35.6 Å². The maximum atomic E-state index is 10.8. The number of carbonyl (C=O) groups excluding carboxylic acids is 1. The van der Waals surface area contributed by atoms with Gasteiger partial charge in [0.2, 0.25) is 0 Å². The van der Waals surface area contributed by atoms with Crippen molar-refractivity contribution in [2.75, 3.05) is 13.1 Å². The molecule has 0 saturated carbocycles. The Hall–Kier alpha value is -1.81. The summed E-state index contributed by atoms with van der Waals surface area (Å²) in [5.74, 6) is -0.325. The Morgan fingerprint density at radius 3 is 2.40 bits per heavy atom. The molecule has 0 aliphatic heterocycles. The topological polar surface area (TPSA) is 68.3 Å². The lowest BCUT2D eigenvalue weighted by molar-refractivity contribution is 0.0976. The van der Waals surface area contributed by atoms with Crippen LogP contribution in [0, 0.1) is 6.92 Å². The summed E-state index contributed by atoms with van der Waals surface area (Å²) in [4.78, 5) is 10.8. The fourth-order valence-electron chi connectivity index (χ4n) is 1.76. The van der Waals surface area contributed by atoms with Gasteiger partial charge in [-0.15, -0.1) is 0 Å². The molecule has 0 saturated heterocycles. The fraction of sp³-hybridized carbons (Fsp3) is 0.438. The van der Waals surface area contributed by atoms with E-state index in [2.05, 4.69) is 19.2 Å². The van der Waals surface area contributed by atoms with Gasteiger partial charge < -0.3 is 15.5 Å². The number of primary amides is 1. The lowest BCUT2D eigenvalue weighted by Gasteiger charge is -1.95. The average molecular weight is 276 g/mol. The lowest BCUT2D eigenvalue weighted by Crippen LogP contribution is -2.14. The Kier molecular flexibility index (Phi) is 6.81. The van der Waals surface area contributed by atoms with Gasteiger partial charge in [0, 0.05) is 5.39 Å². The first-order chi connectivity index (χ1) is 9.58. The highest BCUT2D eigenvalue weighted by Gasteiger charge is 2.07. The van der Waals surface area contributed by atoms with Crippen molar-refractivity contribution >= 4 is 16.9 Å². The highest BCUT2D eigenvalue weighted by atomic mass is 16.3. The zero-order valence-electron chi connectivity index (χ0n) is 12.5. The molecular formula is C16H24N2O2. The summed E-state index contributed by atoms with van der Waals surface area (Å²) in [6.45, 7) is 8.70. The minimum Gasteiger partial charge on any atom is -0.451 e. The number of benzene rings is 1. The summed E-state index contributed by atoms with van der Waals surface area (Å²) in [7, 11) is 0. The van der Waals surface area contributed by atoms with Crippen LogP contribution in [0.2, 0.25) is 0 Å². The lowest BCUT2D eigenvalue weighted by atomic mass is 10.2. The van der Waals surface area contributed by atoms with Gasteiger partial charge in [0.25, 0.3) is 5.91 Å². The number of carbonyl (C=O) groups is 1. The van der Waals surface area contributed by atoms with Gasteiger partial charge in [0.15, 0.2) is 5.76 Å². The van der Waals surface area contributed by atoms with Crippen molar-refractivity contribution < 1.29 is 9.21 Å². The second-order valence-corrected chi connectivity index (χ2v) is 4.77. The predicted molar refractivity (Wildman–Crippen MR) is 82.9 cm³/mol. The third kappa shape index (κ3) is 5.05. The third-order valence-electron chi connectivity index (χ3n) is 2.77. The normalized spacial score (nSPS) is 10.2. The SMILES string of the molecule is CCCNCCC.Cc1ccc2oc(C(N)=O)cc2c1. The molecule has 2 aromatic rings. The molecule has 4 nitrogen and oxygen atoms in total. The summed E-state index contributed by atoms with van der Waals surface area (Å²) in [5, 5.41) is 4.20. The summed E-state index contributed by atoms with van der Waals surface area (Å²) in [5.41, 5.74) is 6.91. The minimum atomic E-state index is -0.533. The van der Waals surface area contributed by atoms with Crippen LogP contribution in [0.15, 0.2) is 28.7 Å². The van der Waals surface area contributed by atoms with Crippen molar-refractivity contribution in [1.82, 2.24) is 5.32 Å². The van der Waals surface area contributed by atoms with Crippen molar-refractivity contribution in [2.45, 2.75) is 33.6 Å². The number of nitrogens with two attached hydrogens (primary N) is 1. The zero-order valence-corrected chi connectivity index (χ0v) is 12.5. The number of hydrogen-bond donors (Lipinski definition) is 2. The van der Waals surface area contributed by atoms with Gasteiger partial charge in [-0.2, -0.15) is 0 Å². The molecule has 0 unspecified atom stereocenters. The Bertz CT molecular complexity index is 542. The largest absolute Gasteiger partial charge is 0.451 e. The molecule has 0 aliphatic carbocycles. The average Bonchev–Trinajstić information content (AvgIpc) is 2.83. The second kappa shape index (κ2) is 8.38. The first-order valence-electron chi connectivity index (χ1n) is 7.09. The second-order valence-electron chi connectivity index (χ2n) is 4.77. The number of rotatable bonds is 5. The van der Waals surface area contributed by atoms with E-state index < -0.39 is 5.91 Å². The number of amides is 1. The summed E-state index contributed by atoms with van der Waals surface area (Å²) < 4.78 is 5.21. The standard InChI is InChI=1S/C10H9NO2.C6H15N/c1-6-2-3-8-7(4-6)5-9(13-8)10(11)12;1-3-5-7-6-4-2/h2-5H,1H3,(H2,11,12);7H,3-6H2,1-2H3. The Morgan fingerprint density at radius 2 is 1.85 bits per heavy atom. The quantitative estimate of drug-likeness (QED) is 0.824. The van der Waals surface area contributed by atoms with E-state index in [9.17, 15) is 4.79 Å². The van der Waals surface area contributed by atoms with Crippen LogP contribution < -0.4 is 11.1 Å². The zero-order chi connectivity index (χ0) is 15.0. The number of fused-ring (bicyclic) bond motifs is 1. The molecule has 110 valence electrons. The van der Waals surface area contributed by atoms with E-state index in [1.54, 1.807) is 6.07 Å². The van der Waals surface area contributed by atoms with Crippen molar-refractivity contribution in [3.8, 4) is 0 Å². The molecule has 0 aliphatic rings. The van der Waals surface area contributed by atoms with E-state index in [-0.39, 0.29) is 5.76 Å². The highest BCUT2D eigenvalue weighted by molar-refractivity contribution is 5.95. The first kappa shape index (κ1) is 16.2. The number of hydrogen-bond acceptors (Lipinski definition) is 3. The minimum absolute atomic E-state index is 0.209. The third-order valence-corrected chi connectivity index (χ3v) is 2.77. The van der Waals surface area contributed by atoms with E-state index in [4.69, 9.17) is 10.2 Å². The number of aryl methyl sites for hydroxylation is 1. The molecule has 0 fully saturated rings. The molecule has 0 radical (unpaired) electrons. The molecule has 2 rings (SSSR count). The van der Waals surface area contributed by atoms with Crippen LogP contribution in [0.25, 0.3) is 11.0 Å². The van der Waals surface area contributed by atoms with Gasteiger partial charge >= 0.3 is 0 Å². The number of furan rings is 1. The van der Waals surface area contributed by atoms with Gasteiger partial charge in [-0.1, -0.05) is 25.5 Å². The van der Waals surface area contributed by atoms with Gasteiger partial charge in [0.05, 0.1) is 0 Å². The number of nitrogens with one attached hydrogen (secondary N) is 1. The van der Waals surface area contributed by atoms with E-state index in [1.165, 1.54) is 25.9 Å². The molecule has 0 atom stereocenters. The van der Waals surface area contributed by atoms with Gasteiger partial charge in [-0.05, 0) is 51.1 Å². The Labute approximate surface area is 120 Å². The maximum absolute atomic E-state index is 10.8. The molecule has 1 aromatic heterocycles. The molecule has 0 bridgehead atoms. The van der Waals surface area contributed by atoms with E-state index >= 15 is 0 Å². The van der Waals surface area contributed by atoms with E-state index in [0.29, 0.717) is 5.58 Å². The van der Waals surface area contributed by atoms with Crippen LogP contribution in [0.1, 0.15) is 42.8 Å². The molecule has 1 amide bonds. The van der Waals surface area contributed by atoms with Crippen LogP contribution in [-0.2, 0) is 0 Å². The van der Waals surface area contributed by atoms with Gasteiger partial charge in [-0.25, -0.2) is 0 Å². The molecule has 20 heavy (non-hydrogen) atoms. The molecule has 3 N–H and O–H groups in total. The van der Waals surface area contributed by atoms with E-state index in [0.717, 1.165) is 10.9 Å². The molecule has 0 spiro atoms. The highest BCUT2D eigenvalue weighted by Crippen LogP contribution is 2.19. The summed E-state index contributed by atoms with van der Waals surface area (Å²) >= 11 is 0. The van der Waals surface area contributed by atoms with Crippen LogP contribution >= 0.6 is 0 Å². The predicted octanol–water partition coefficient (Wildman–Crippen LogP) is 3.24. The smallest absolute Gasteiger partial charge is 0.284 e. The molecule has 1 heterocycles. The molecular weight excluding hydrogens is 252 g/mol. The molecule has 1 aromatic carbocycles.